The van der Waals surface area contributed by atoms with Gasteiger partial charge in [0.05, 0.1) is 12.7 Å². The van der Waals surface area contributed by atoms with E-state index in [1.807, 2.05) is 0 Å². The first-order valence-corrected chi connectivity index (χ1v) is 5.48. The van der Waals surface area contributed by atoms with E-state index in [2.05, 4.69) is 43.5 Å². The molecule has 1 saturated heterocycles. The van der Waals surface area contributed by atoms with Gasteiger partial charge in [-0.25, -0.2) is 0 Å². The van der Waals surface area contributed by atoms with E-state index in [0.717, 1.165) is 25.4 Å². The van der Waals surface area contributed by atoms with Crippen LogP contribution in [0.5, 0.6) is 0 Å². The molecule has 1 aliphatic heterocycles. The van der Waals surface area contributed by atoms with Crippen molar-refractivity contribution >= 4 is 12.6 Å². The van der Waals surface area contributed by atoms with Gasteiger partial charge in [0.2, 0.25) is 0 Å². The fourth-order valence-corrected chi connectivity index (χ4v) is 1.66. The second-order valence-corrected chi connectivity index (χ2v) is 3.97. The first kappa shape index (κ1) is 11.1. The molecule has 1 fully saturated rings. The van der Waals surface area contributed by atoms with E-state index in [9.17, 15) is 0 Å². The summed E-state index contributed by atoms with van der Waals surface area (Å²) in [6, 6.07) is 0.542. The molecule has 2 atom stereocenters. The summed E-state index contributed by atoms with van der Waals surface area (Å²) in [6.07, 6.45) is 4.65. The van der Waals surface area contributed by atoms with Crippen LogP contribution in [0.3, 0.4) is 0 Å². The van der Waals surface area contributed by atoms with Gasteiger partial charge in [-0.15, -0.1) is 0 Å². The largest absolute Gasteiger partial charge is 0.376 e. The molecule has 0 saturated carbocycles. The lowest BCUT2D eigenvalue weighted by molar-refractivity contribution is -0.0447. The van der Waals surface area contributed by atoms with Crippen LogP contribution in [0.2, 0.25) is 0 Å². The SMILES string of the molecule is CC1CN(CC=CCS)C(C)CO1. The second kappa shape index (κ2) is 5.68. The Morgan fingerprint density at radius 2 is 2.23 bits per heavy atom. The molecule has 0 aromatic heterocycles. The molecule has 0 aromatic carbocycles. The third-order valence-electron chi connectivity index (χ3n) is 2.35. The van der Waals surface area contributed by atoms with Crippen LogP contribution in [0.4, 0.5) is 0 Å². The average molecular weight is 201 g/mol. The second-order valence-electron chi connectivity index (χ2n) is 3.60. The van der Waals surface area contributed by atoms with Crippen LogP contribution >= 0.6 is 12.6 Å². The van der Waals surface area contributed by atoms with Gasteiger partial charge in [0.1, 0.15) is 0 Å². The molecule has 0 aromatic rings. The summed E-state index contributed by atoms with van der Waals surface area (Å²) in [5.74, 6) is 0.828. The number of morpholine rings is 1. The zero-order valence-electron chi connectivity index (χ0n) is 8.44. The number of thiol groups is 1. The fraction of sp³-hybridized carbons (Fsp3) is 0.800. The van der Waals surface area contributed by atoms with Gasteiger partial charge in [0.15, 0.2) is 0 Å². The molecule has 2 unspecified atom stereocenters. The van der Waals surface area contributed by atoms with E-state index in [-0.39, 0.29) is 0 Å². The third-order valence-corrected chi connectivity index (χ3v) is 2.56. The smallest absolute Gasteiger partial charge is 0.0674 e. The van der Waals surface area contributed by atoms with Crippen LogP contribution in [-0.4, -0.2) is 42.5 Å². The van der Waals surface area contributed by atoms with Crippen LogP contribution < -0.4 is 0 Å². The first-order valence-electron chi connectivity index (χ1n) is 4.85. The van der Waals surface area contributed by atoms with Gasteiger partial charge in [0.25, 0.3) is 0 Å². The van der Waals surface area contributed by atoms with Crippen molar-refractivity contribution in [3.63, 3.8) is 0 Å². The van der Waals surface area contributed by atoms with Crippen molar-refractivity contribution in [1.82, 2.24) is 4.90 Å². The summed E-state index contributed by atoms with van der Waals surface area (Å²) in [6.45, 7) is 7.25. The lowest BCUT2D eigenvalue weighted by Gasteiger charge is -2.36. The molecule has 0 aliphatic carbocycles. The maximum atomic E-state index is 5.55. The zero-order chi connectivity index (χ0) is 9.68. The molecule has 0 radical (unpaired) electrons. The third kappa shape index (κ3) is 3.71. The van der Waals surface area contributed by atoms with Crippen molar-refractivity contribution in [3.8, 4) is 0 Å². The number of ether oxygens (including phenoxy) is 1. The first-order chi connectivity index (χ1) is 6.24. The molecular weight excluding hydrogens is 182 g/mol. The summed E-state index contributed by atoms with van der Waals surface area (Å²) in [4.78, 5) is 2.44. The highest BCUT2D eigenvalue weighted by Gasteiger charge is 2.21. The molecule has 3 heteroatoms. The fourth-order valence-electron chi connectivity index (χ4n) is 1.51. The van der Waals surface area contributed by atoms with Crippen LogP contribution in [0.15, 0.2) is 12.2 Å². The van der Waals surface area contributed by atoms with Crippen LogP contribution in [0.1, 0.15) is 13.8 Å². The Labute approximate surface area is 86.4 Å². The number of hydrogen-bond acceptors (Lipinski definition) is 3. The minimum atomic E-state index is 0.376. The number of nitrogens with zero attached hydrogens (tertiary/aromatic N) is 1. The minimum absolute atomic E-state index is 0.376. The van der Waals surface area contributed by atoms with E-state index < -0.39 is 0 Å². The van der Waals surface area contributed by atoms with Crippen molar-refractivity contribution < 1.29 is 4.74 Å². The Balaban J connectivity index is 2.33. The molecule has 13 heavy (non-hydrogen) atoms. The Hall–Kier alpha value is 0.01000. The summed E-state index contributed by atoms with van der Waals surface area (Å²) >= 11 is 4.13. The predicted molar refractivity (Wildman–Crippen MR) is 59.4 cm³/mol. The summed E-state index contributed by atoms with van der Waals surface area (Å²) in [5.41, 5.74) is 0. The van der Waals surface area contributed by atoms with Crippen molar-refractivity contribution in [2.24, 2.45) is 0 Å². The summed E-state index contributed by atoms with van der Waals surface area (Å²) in [5, 5.41) is 0. The molecule has 1 rings (SSSR count). The molecule has 0 N–H and O–H groups in total. The maximum absolute atomic E-state index is 5.55. The number of rotatable bonds is 3. The van der Waals surface area contributed by atoms with Gasteiger partial charge >= 0.3 is 0 Å². The summed E-state index contributed by atoms with van der Waals surface area (Å²) < 4.78 is 5.55. The van der Waals surface area contributed by atoms with Gasteiger partial charge in [-0.05, 0) is 13.8 Å². The molecule has 2 nitrogen and oxygen atoms in total. The molecular formula is C10H19NOS. The Morgan fingerprint density at radius 1 is 1.46 bits per heavy atom. The lowest BCUT2D eigenvalue weighted by atomic mass is 10.2. The van der Waals surface area contributed by atoms with Crippen LogP contribution in [0, 0.1) is 0 Å². The summed E-state index contributed by atoms with van der Waals surface area (Å²) in [7, 11) is 0. The van der Waals surface area contributed by atoms with E-state index in [1.54, 1.807) is 0 Å². The van der Waals surface area contributed by atoms with Crippen LogP contribution in [-0.2, 0) is 4.74 Å². The lowest BCUT2D eigenvalue weighted by Crippen LogP contribution is -2.47. The number of hydrogen-bond donors (Lipinski definition) is 1. The van der Waals surface area contributed by atoms with Gasteiger partial charge in [-0.1, -0.05) is 12.2 Å². The van der Waals surface area contributed by atoms with Crippen molar-refractivity contribution in [2.75, 3.05) is 25.4 Å². The van der Waals surface area contributed by atoms with Gasteiger partial charge in [0, 0.05) is 24.9 Å². The molecule has 0 bridgehead atoms. The standard InChI is InChI=1S/C10H19NOS/c1-9-8-12-10(2)7-11(9)5-3-4-6-13/h3-4,9-10,13H,5-8H2,1-2H3. The maximum Gasteiger partial charge on any atom is 0.0674 e. The zero-order valence-corrected chi connectivity index (χ0v) is 9.33. The van der Waals surface area contributed by atoms with Crippen molar-refractivity contribution in [1.29, 1.82) is 0 Å². The van der Waals surface area contributed by atoms with E-state index in [1.165, 1.54) is 0 Å². The molecule has 1 aliphatic rings. The molecule has 76 valence electrons. The normalized spacial score (nSPS) is 31.3. The van der Waals surface area contributed by atoms with Crippen molar-refractivity contribution in [3.05, 3.63) is 12.2 Å². The highest BCUT2D eigenvalue weighted by atomic mass is 32.1. The topological polar surface area (TPSA) is 12.5 Å². The Bertz CT molecular complexity index is 172. The van der Waals surface area contributed by atoms with Gasteiger partial charge < -0.3 is 4.74 Å². The molecule has 0 spiro atoms. The average Bonchev–Trinajstić information content (AvgIpc) is 2.11. The molecule has 1 heterocycles. The molecule has 0 amide bonds. The predicted octanol–water partition coefficient (Wildman–Crippen LogP) is 1.58. The minimum Gasteiger partial charge on any atom is -0.376 e. The highest BCUT2D eigenvalue weighted by Crippen LogP contribution is 2.10. The highest BCUT2D eigenvalue weighted by molar-refractivity contribution is 7.80. The van der Waals surface area contributed by atoms with E-state index in [0.29, 0.717) is 12.1 Å². The monoisotopic (exact) mass is 201 g/mol. The van der Waals surface area contributed by atoms with Gasteiger partial charge in [-0.2, -0.15) is 12.6 Å². The Kier molecular flexibility index (Phi) is 4.84. The quantitative estimate of drug-likeness (QED) is 0.550. The van der Waals surface area contributed by atoms with Crippen LogP contribution in [0.25, 0.3) is 0 Å². The van der Waals surface area contributed by atoms with Crippen molar-refractivity contribution in [2.45, 2.75) is 26.0 Å². The van der Waals surface area contributed by atoms with E-state index >= 15 is 0 Å². The Morgan fingerprint density at radius 3 is 2.92 bits per heavy atom. The van der Waals surface area contributed by atoms with E-state index in [4.69, 9.17) is 4.74 Å². The van der Waals surface area contributed by atoms with Gasteiger partial charge in [-0.3, -0.25) is 4.90 Å².